The molecule has 2 aromatic carbocycles. The Morgan fingerprint density at radius 2 is 1.68 bits per heavy atom. The van der Waals surface area contributed by atoms with Gasteiger partial charge in [-0.1, -0.05) is 23.5 Å². The van der Waals surface area contributed by atoms with Crippen molar-refractivity contribution in [3.8, 4) is 0 Å². The molecule has 1 heterocycles. The van der Waals surface area contributed by atoms with Gasteiger partial charge in [0.15, 0.2) is 11.1 Å². The van der Waals surface area contributed by atoms with Gasteiger partial charge in [-0.25, -0.2) is 18.5 Å². The van der Waals surface area contributed by atoms with Crippen LogP contribution in [0.25, 0.3) is 0 Å². The molecule has 196 valence electrons. The van der Waals surface area contributed by atoms with Crippen molar-refractivity contribution in [1.82, 2.24) is 14.2 Å². The Kier molecular flexibility index (Phi) is 9.50. The summed E-state index contributed by atoms with van der Waals surface area (Å²) >= 11 is 1.35. The van der Waals surface area contributed by atoms with Gasteiger partial charge in [-0.2, -0.15) is 0 Å². The Bertz CT molecular complexity index is 1300. The number of hydrogen-bond donors (Lipinski definition) is 3. The Hall–Kier alpha value is -3.61. The second-order valence-corrected chi connectivity index (χ2v) is 11.3. The Morgan fingerprint density at radius 3 is 2.24 bits per heavy atom. The van der Waals surface area contributed by atoms with Gasteiger partial charge in [-0.15, -0.1) is 0 Å². The van der Waals surface area contributed by atoms with E-state index in [2.05, 4.69) is 15.3 Å². The van der Waals surface area contributed by atoms with Crippen molar-refractivity contribution in [2.24, 2.45) is 16.5 Å². The van der Waals surface area contributed by atoms with Crippen LogP contribution in [0.1, 0.15) is 33.4 Å². The highest BCUT2D eigenvalue weighted by Gasteiger charge is 2.18. The third-order valence-corrected chi connectivity index (χ3v) is 7.60. The molecule has 1 unspecified atom stereocenters. The summed E-state index contributed by atoms with van der Waals surface area (Å²) in [5.41, 5.74) is 13.9. The standard InChI is InChI=1S/C25H31N7O3S2/c1-16(33)28-25-30-21(14-7-17-5-10-19(11-6-17)29-24(26)27)22(36-25)15-32(4)23(34)18-8-12-20(13-9-18)37(35)31(2)3/h5-6,8-13H,7,14-15H2,1-4H3,(H4,26,27,29)(H,28,30,33). The van der Waals surface area contributed by atoms with E-state index >= 15 is 0 Å². The lowest BCUT2D eigenvalue weighted by Gasteiger charge is -2.17. The van der Waals surface area contributed by atoms with Gasteiger partial charge in [0.2, 0.25) is 5.91 Å². The lowest BCUT2D eigenvalue weighted by molar-refractivity contribution is -0.114. The largest absolute Gasteiger partial charge is 0.370 e. The van der Waals surface area contributed by atoms with Crippen LogP contribution in [0.15, 0.2) is 58.4 Å². The number of aromatic nitrogens is 1. The highest BCUT2D eigenvalue weighted by Crippen LogP contribution is 2.27. The van der Waals surface area contributed by atoms with Gasteiger partial charge in [-0.3, -0.25) is 9.59 Å². The van der Waals surface area contributed by atoms with Crippen molar-refractivity contribution in [3.05, 3.63) is 70.2 Å². The van der Waals surface area contributed by atoms with Crippen molar-refractivity contribution >= 4 is 50.9 Å². The number of nitrogens with one attached hydrogen (secondary N) is 1. The van der Waals surface area contributed by atoms with E-state index in [9.17, 15) is 13.8 Å². The molecule has 0 fully saturated rings. The highest BCUT2D eigenvalue weighted by molar-refractivity contribution is 7.82. The van der Waals surface area contributed by atoms with E-state index in [1.165, 1.54) is 18.3 Å². The third-order valence-electron chi connectivity index (χ3n) is 5.27. The minimum Gasteiger partial charge on any atom is -0.370 e. The number of benzene rings is 2. The number of guanidine groups is 1. The quantitative estimate of drug-likeness (QED) is 0.266. The average Bonchev–Trinajstić information content (AvgIpc) is 3.22. The molecule has 0 spiro atoms. The van der Waals surface area contributed by atoms with E-state index < -0.39 is 11.0 Å². The number of thiazole rings is 1. The molecule has 3 aromatic rings. The van der Waals surface area contributed by atoms with Crippen molar-refractivity contribution in [1.29, 1.82) is 0 Å². The zero-order chi connectivity index (χ0) is 27.1. The first-order valence-electron chi connectivity index (χ1n) is 11.4. The minimum absolute atomic E-state index is 0.00325. The van der Waals surface area contributed by atoms with Crippen LogP contribution in [0, 0.1) is 0 Å². The van der Waals surface area contributed by atoms with Gasteiger partial charge in [-0.05, 0) is 68.9 Å². The third kappa shape index (κ3) is 7.94. The molecular weight excluding hydrogens is 510 g/mol. The Morgan fingerprint density at radius 1 is 1.03 bits per heavy atom. The summed E-state index contributed by atoms with van der Waals surface area (Å²) in [4.78, 5) is 36.4. The summed E-state index contributed by atoms with van der Waals surface area (Å²) in [6.45, 7) is 1.77. The second kappa shape index (κ2) is 12.6. The topological polar surface area (TPSA) is 147 Å². The fourth-order valence-electron chi connectivity index (χ4n) is 3.49. The zero-order valence-corrected chi connectivity index (χ0v) is 22.9. The molecule has 0 saturated carbocycles. The molecule has 5 N–H and O–H groups in total. The van der Waals surface area contributed by atoms with Gasteiger partial charge < -0.3 is 21.7 Å². The average molecular weight is 542 g/mol. The number of rotatable bonds is 10. The van der Waals surface area contributed by atoms with Crippen molar-refractivity contribution in [2.45, 2.75) is 31.2 Å². The maximum atomic E-state index is 13.1. The molecule has 10 nitrogen and oxygen atoms in total. The maximum Gasteiger partial charge on any atom is 0.253 e. The Labute approximate surface area is 223 Å². The monoisotopic (exact) mass is 541 g/mol. The van der Waals surface area contributed by atoms with Gasteiger partial charge in [0, 0.05) is 24.4 Å². The predicted octanol–water partition coefficient (Wildman–Crippen LogP) is 2.65. The number of carbonyl (C=O) groups is 2. The normalized spacial score (nSPS) is 11.7. The number of aryl methyl sites for hydroxylation is 2. The molecule has 2 amide bonds. The van der Waals surface area contributed by atoms with Gasteiger partial charge >= 0.3 is 0 Å². The summed E-state index contributed by atoms with van der Waals surface area (Å²) in [6.07, 6.45) is 1.33. The van der Waals surface area contributed by atoms with Gasteiger partial charge in [0.05, 0.1) is 22.8 Å². The number of anilines is 1. The number of amides is 2. The van der Waals surface area contributed by atoms with Crippen LogP contribution in [0.2, 0.25) is 0 Å². The lowest BCUT2D eigenvalue weighted by atomic mass is 10.1. The first-order chi connectivity index (χ1) is 17.5. The van der Waals surface area contributed by atoms with Crippen LogP contribution in [0.4, 0.5) is 10.8 Å². The zero-order valence-electron chi connectivity index (χ0n) is 21.2. The fraction of sp³-hybridized carbons (Fsp3) is 0.280. The van der Waals surface area contributed by atoms with Crippen LogP contribution >= 0.6 is 11.3 Å². The van der Waals surface area contributed by atoms with E-state index in [-0.39, 0.29) is 17.8 Å². The molecule has 37 heavy (non-hydrogen) atoms. The number of aliphatic imine (C=N–C) groups is 1. The summed E-state index contributed by atoms with van der Waals surface area (Å²) < 4.78 is 13.8. The molecule has 12 heteroatoms. The predicted molar refractivity (Wildman–Crippen MR) is 148 cm³/mol. The minimum atomic E-state index is -1.28. The molecule has 1 aromatic heterocycles. The van der Waals surface area contributed by atoms with Crippen LogP contribution in [0.3, 0.4) is 0 Å². The van der Waals surface area contributed by atoms with E-state index in [4.69, 9.17) is 11.5 Å². The van der Waals surface area contributed by atoms with Crippen LogP contribution in [0.5, 0.6) is 0 Å². The van der Waals surface area contributed by atoms with Crippen LogP contribution in [-0.2, 0) is 35.2 Å². The molecule has 0 aliphatic heterocycles. The highest BCUT2D eigenvalue weighted by atomic mass is 32.2. The summed E-state index contributed by atoms with van der Waals surface area (Å²) in [5.74, 6) is -0.372. The van der Waals surface area contributed by atoms with Crippen LogP contribution in [-0.4, -0.2) is 57.3 Å². The first kappa shape index (κ1) is 28.0. The fourth-order valence-corrected chi connectivity index (χ4v) is 5.39. The summed E-state index contributed by atoms with van der Waals surface area (Å²) in [5, 5.41) is 3.24. The van der Waals surface area contributed by atoms with Crippen molar-refractivity contribution in [2.75, 3.05) is 26.5 Å². The van der Waals surface area contributed by atoms with E-state index in [0.717, 1.165) is 16.1 Å². The molecule has 0 bridgehead atoms. The molecule has 0 radical (unpaired) electrons. The molecular formula is C25H31N7O3S2. The number of hydrogen-bond acceptors (Lipinski definition) is 6. The number of nitrogens with zero attached hydrogens (tertiary/aromatic N) is 4. The van der Waals surface area contributed by atoms with Crippen LogP contribution < -0.4 is 16.8 Å². The van der Waals surface area contributed by atoms with E-state index in [1.807, 2.05) is 24.3 Å². The number of carbonyl (C=O) groups excluding carboxylic acids is 2. The van der Waals surface area contributed by atoms with Gasteiger partial charge in [0.25, 0.3) is 5.91 Å². The summed E-state index contributed by atoms with van der Waals surface area (Å²) in [7, 11) is 3.90. The van der Waals surface area contributed by atoms with E-state index in [0.29, 0.717) is 40.7 Å². The van der Waals surface area contributed by atoms with Crippen molar-refractivity contribution in [3.63, 3.8) is 0 Å². The van der Waals surface area contributed by atoms with Crippen molar-refractivity contribution < 1.29 is 13.8 Å². The molecule has 0 aliphatic rings. The second-order valence-electron chi connectivity index (χ2n) is 8.52. The SMILES string of the molecule is CC(=O)Nc1nc(CCc2ccc(N=C(N)N)cc2)c(CN(C)C(=O)c2ccc(S(=O)N(C)C)cc2)s1. The lowest BCUT2D eigenvalue weighted by Crippen LogP contribution is -2.26. The first-order valence-corrected chi connectivity index (χ1v) is 13.3. The number of nitrogens with two attached hydrogens (primary N) is 2. The Balaban J connectivity index is 1.74. The summed E-state index contributed by atoms with van der Waals surface area (Å²) in [6, 6.07) is 14.3. The van der Waals surface area contributed by atoms with Gasteiger partial charge in [0.1, 0.15) is 11.0 Å². The van der Waals surface area contributed by atoms with E-state index in [1.54, 1.807) is 54.6 Å². The molecule has 3 rings (SSSR count). The molecule has 0 saturated heterocycles. The molecule has 1 atom stereocenters. The molecule has 0 aliphatic carbocycles. The smallest absolute Gasteiger partial charge is 0.253 e. The maximum absolute atomic E-state index is 13.1.